The van der Waals surface area contributed by atoms with Gasteiger partial charge >= 0.3 is 0 Å². The zero-order valence-electron chi connectivity index (χ0n) is 18.3. The molecular formula is C23H28N4O6. The normalized spacial score (nSPS) is 10.4. The van der Waals surface area contributed by atoms with Gasteiger partial charge < -0.3 is 10.6 Å². The number of nitrogens with zero attached hydrogens (tertiary/aromatic N) is 2. The van der Waals surface area contributed by atoms with Crippen LogP contribution in [0.1, 0.15) is 43.2 Å². The molecule has 2 aromatic rings. The average molecular weight is 456 g/mol. The van der Waals surface area contributed by atoms with E-state index < -0.39 is 9.85 Å². The Morgan fingerprint density at radius 3 is 1.27 bits per heavy atom. The highest BCUT2D eigenvalue weighted by atomic mass is 16.6. The van der Waals surface area contributed by atoms with Crippen LogP contribution in [-0.2, 0) is 22.4 Å². The van der Waals surface area contributed by atoms with Crippen LogP contribution in [0.5, 0.6) is 0 Å². The Hall–Kier alpha value is -3.82. The van der Waals surface area contributed by atoms with Crippen molar-refractivity contribution in [3.05, 3.63) is 79.9 Å². The van der Waals surface area contributed by atoms with Crippen molar-refractivity contribution in [3.63, 3.8) is 0 Å². The first kappa shape index (κ1) is 25.4. The largest absolute Gasteiger partial charge is 0.356 e. The minimum Gasteiger partial charge on any atom is -0.356 e. The monoisotopic (exact) mass is 456 g/mol. The molecule has 0 radical (unpaired) electrons. The van der Waals surface area contributed by atoms with Gasteiger partial charge in [0.1, 0.15) is 0 Å². The molecule has 0 aromatic heterocycles. The first-order valence-electron chi connectivity index (χ1n) is 10.8. The van der Waals surface area contributed by atoms with Crippen molar-refractivity contribution in [2.24, 2.45) is 0 Å². The van der Waals surface area contributed by atoms with E-state index in [4.69, 9.17) is 0 Å². The molecule has 0 saturated heterocycles. The number of hydrogen-bond acceptors (Lipinski definition) is 6. The zero-order valence-corrected chi connectivity index (χ0v) is 18.3. The Bertz CT molecular complexity index is 867. The zero-order chi connectivity index (χ0) is 24.1. The van der Waals surface area contributed by atoms with Gasteiger partial charge in [0.2, 0.25) is 11.8 Å². The van der Waals surface area contributed by atoms with E-state index in [1.807, 2.05) is 0 Å². The Kier molecular flexibility index (Phi) is 10.5. The molecule has 0 saturated carbocycles. The lowest BCUT2D eigenvalue weighted by atomic mass is 10.1. The molecule has 2 aromatic carbocycles. The summed E-state index contributed by atoms with van der Waals surface area (Å²) >= 11 is 0. The molecule has 0 aliphatic heterocycles. The molecule has 0 aliphatic rings. The van der Waals surface area contributed by atoms with E-state index in [2.05, 4.69) is 10.6 Å². The van der Waals surface area contributed by atoms with Crippen LogP contribution in [0.15, 0.2) is 48.5 Å². The van der Waals surface area contributed by atoms with Gasteiger partial charge in [-0.05, 0) is 24.0 Å². The lowest BCUT2D eigenvalue weighted by Gasteiger charge is -2.07. The molecular weight excluding hydrogens is 428 g/mol. The summed E-state index contributed by atoms with van der Waals surface area (Å²) in [6.07, 6.45) is 5.03. The molecule has 10 nitrogen and oxygen atoms in total. The molecule has 0 unspecified atom stereocenters. The van der Waals surface area contributed by atoms with Crippen LogP contribution in [0.4, 0.5) is 11.4 Å². The van der Waals surface area contributed by atoms with Crippen LogP contribution in [0.3, 0.4) is 0 Å². The average Bonchev–Trinajstić information content (AvgIpc) is 2.78. The molecule has 10 heteroatoms. The van der Waals surface area contributed by atoms with Crippen LogP contribution in [-0.4, -0.2) is 34.8 Å². The smallest absolute Gasteiger partial charge is 0.269 e. The Balaban J connectivity index is 1.47. The van der Waals surface area contributed by atoms with E-state index in [1.165, 1.54) is 24.3 Å². The number of nitrogens with one attached hydrogen (secondary N) is 2. The molecule has 0 aliphatic carbocycles. The van der Waals surface area contributed by atoms with Crippen LogP contribution >= 0.6 is 0 Å². The Morgan fingerprint density at radius 2 is 0.939 bits per heavy atom. The summed E-state index contributed by atoms with van der Waals surface area (Å²) in [5.41, 5.74) is 1.47. The van der Waals surface area contributed by atoms with Crippen molar-refractivity contribution >= 4 is 23.2 Å². The summed E-state index contributed by atoms with van der Waals surface area (Å²) < 4.78 is 0. The van der Waals surface area contributed by atoms with Crippen molar-refractivity contribution in [3.8, 4) is 0 Å². The number of rotatable bonds is 14. The highest BCUT2D eigenvalue weighted by Gasteiger charge is 2.08. The first-order valence-corrected chi connectivity index (χ1v) is 10.8. The first-order chi connectivity index (χ1) is 15.8. The molecule has 0 bridgehead atoms. The molecule has 0 heterocycles. The predicted molar refractivity (Wildman–Crippen MR) is 123 cm³/mol. The van der Waals surface area contributed by atoms with Gasteiger partial charge in [-0.15, -0.1) is 0 Å². The van der Waals surface area contributed by atoms with Gasteiger partial charge in [0, 0.05) is 37.4 Å². The Morgan fingerprint density at radius 1 is 0.606 bits per heavy atom. The fraction of sp³-hybridized carbons (Fsp3) is 0.391. The van der Waals surface area contributed by atoms with Crippen LogP contribution in [0.25, 0.3) is 0 Å². The van der Waals surface area contributed by atoms with Gasteiger partial charge in [0.15, 0.2) is 0 Å². The fourth-order valence-corrected chi connectivity index (χ4v) is 3.20. The number of amides is 2. The van der Waals surface area contributed by atoms with Crippen LogP contribution in [0.2, 0.25) is 0 Å². The lowest BCUT2D eigenvalue weighted by Crippen LogP contribution is -2.26. The predicted octanol–water partition coefficient (Wildman–Crippen LogP) is 3.47. The topological polar surface area (TPSA) is 144 Å². The third kappa shape index (κ3) is 9.90. The molecule has 2 N–H and O–H groups in total. The summed E-state index contributed by atoms with van der Waals surface area (Å²) in [5.74, 6) is -0.223. The molecule has 2 amide bonds. The van der Waals surface area contributed by atoms with Gasteiger partial charge in [0.25, 0.3) is 11.4 Å². The van der Waals surface area contributed by atoms with E-state index in [0.717, 1.165) is 43.2 Å². The second-order valence-corrected chi connectivity index (χ2v) is 7.67. The number of benzene rings is 2. The highest BCUT2D eigenvalue weighted by Crippen LogP contribution is 2.13. The summed E-state index contributed by atoms with van der Waals surface area (Å²) in [6, 6.07) is 11.9. The molecule has 0 atom stereocenters. The van der Waals surface area contributed by atoms with Crippen LogP contribution < -0.4 is 10.6 Å². The number of carbonyl (C=O) groups excluding carboxylic acids is 2. The second-order valence-electron chi connectivity index (χ2n) is 7.67. The number of nitro benzene ring substituents is 2. The number of non-ortho nitro benzene ring substituents is 2. The van der Waals surface area contributed by atoms with E-state index in [-0.39, 0.29) is 36.0 Å². The molecule has 2 rings (SSSR count). The fourth-order valence-electron chi connectivity index (χ4n) is 3.20. The number of unbranched alkanes of at least 4 members (excludes halogenated alkanes) is 4. The van der Waals surface area contributed by atoms with Crippen LogP contribution in [0, 0.1) is 20.2 Å². The molecule has 33 heavy (non-hydrogen) atoms. The van der Waals surface area contributed by atoms with Gasteiger partial charge in [-0.3, -0.25) is 29.8 Å². The number of nitro groups is 2. The third-order valence-corrected chi connectivity index (χ3v) is 5.02. The minimum atomic E-state index is -0.473. The van der Waals surface area contributed by atoms with E-state index in [1.54, 1.807) is 24.3 Å². The van der Waals surface area contributed by atoms with Gasteiger partial charge in [-0.25, -0.2) is 0 Å². The Labute approximate surface area is 191 Å². The maximum atomic E-state index is 11.9. The van der Waals surface area contributed by atoms with Crippen molar-refractivity contribution in [2.45, 2.75) is 44.9 Å². The minimum absolute atomic E-state index is 0.00298. The summed E-state index contributed by atoms with van der Waals surface area (Å²) in [4.78, 5) is 44.2. The SMILES string of the molecule is O=C(Cc1ccc([N+](=O)[O-])cc1)NCCCCCCCNC(=O)Cc1ccc([N+](=O)[O-])cc1. The van der Waals surface area contributed by atoms with Crippen molar-refractivity contribution < 1.29 is 19.4 Å². The lowest BCUT2D eigenvalue weighted by molar-refractivity contribution is -0.385. The summed E-state index contributed by atoms with van der Waals surface area (Å²) in [7, 11) is 0. The van der Waals surface area contributed by atoms with E-state index >= 15 is 0 Å². The van der Waals surface area contributed by atoms with Gasteiger partial charge in [-0.1, -0.05) is 43.5 Å². The van der Waals surface area contributed by atoms with E-state index in [0.29, 0.717) is 13.1 Å². The summed E-state index contributed by atoms with van der Waals surface area (Å²) in [6.45, 7) is 1.16. The van der Waals surface area contributed by atoms with Crippen molar-refractivity contribution in [1.29, 1.82) is 0 Å². The van der Waals surface area contributed by atoms with Gasteiger partial charge in [0.05, 0.1) is 22.7 Å². The third-order valence-electron chi connectivity index (χ3n) is 5.02. The van der Waals surface area contributed by atoms with Crippen molar-refractivity contribution in [2.75, 3.05) is 13.1 Å². The number of hydrogen-bond donors (Lipinski definition) is 2. The standard InChI is InChI=1S/C23H28N4O6/c28-22(16-18-6-10-20(11-7-18)26(30)31)24-14-4-2-1-3-5-15-25-23(29)17-19-8-12-21(13-9-19)27(32)33/h6-13H,1-5,14-17H2,(H,24,28)(H,25,29). The quantitative estimate of drug-likeness (QED) is 0.253. The molecule has 176 valence electrons. The summed E-state index contributed by atoms with van der Waals surface area (Å²) in [5, 5.41) is 27.0. The van der Waals surface area contributed by atoms with E-state index in [9.17, 15) is 29.8 Å². The van der Waals surface area contributed by atoms with Gasteiger partial charge in [-0.2, -0.15) is 0 Å². The number of carbonyl (C=O) groups is 2. The maximum Gasteiger partial charge on any atom is 0.269 e. The second kappa shape index (κ2) is 13.6. The highest BCUT2D eigenvalue weighted by molar-refractivity contribution is 5.79. The molecule has 0 spiro atoms. The molecule has 0 fully saturated rings. The maximum absolute atomic E-state index is 11.9. The van der Waals surface area contributed by atoms with Crippen molar-refractivity contribution in [1.82, 2.24) is 10.6 Å².